The Balaban J connectivity index is 1.81. The fraction of sp³-hybridized carbons (Fsp3) is 0.562. The van der Waals surface area contributed by atoms with Gasteiger partial charge in [0.15, 0.2) is 0 Å². The number of halogens is 1. The molecule has 0 atom stereocenters. The van der Waals surface area contributed by atoms with Crippen molar-refractivity contribution in [2.75, 3.05) is 12.4 Å². The highest BCUT2D eigenvalue weighted by Gasteiger charge is 2.29. The second kappa shape index (κ2) is 5.54. The summed E-state index contributed by atoms with van der Waals surface area (Å²) in [5.74, 6) is 0.688. The molecule has 19 heavy (non-hydrogen) atoms. The number of rotatable bonds is 4. The average molecular weight is 278 g/mol. The van der Waals surface area contributed by atoms with E-state index in [1.54, 1.807) is 0 Å². The van der Waals surface area contributed by atoms with Crippen LogP contribution in [-0.4, -0.2) is 29.3 Å². The number of alkyl halides is 1. The Labute approximate surface area is 119 Å². The fourth-order valence-corrected chi connectivity index (χ4v) is 3.29. The number of carbonyl (C=O) groups is 1. The van der Waals surface area contributed by atoms with Crippen molar-refractivity contribution in [3.8, 4) is 0 Å². The number of amides is 1. The van der Waals surface area contributed by atoms with Crippen LogP contribution in [0.3, 0.4) is 0 Å². The molecule has 0 aromatic heterocycles. The summed E-state index contributed by atoms with van der Waals surface area (Å²) in [7, 11) is 0. The summed E-state index contributed by atoms with van der Waals surface area (Å²) in [6.45, 7) is 0.669. The summed E-state index contributed by atoms with van der Waals surface area (Å²) in [6.07, 6.45) is 7.01. The zero-order valence-corrected chi connectivity index (χ0v) is 12.0. The minimum atomic E-state index is 0.167. The average Bonchev–Trinajstić information content (AvgIpc) is 2.82. The SMILES string of the molecule is O=C(c1ccc2c(c1)CCC2)N(CCCl)C1CCC1. The van der Waals surface area contributed by atoms with E-state index in [0.29, 0.717) is 18.5 Å². The maximum Gasteiger partial charge on any atom is 0.254 e. The zero-order chi connectivity index (χ0) is 13.2. The van der Waals surface area contributed by atoms with Gasteiger partial charge in [0.1, 0.15) is 0 Å². The first-order chi connectivity index (χ1) is 9.29. The molecule has 0 radical (unpaired) electrons. The first kappa shape index (κ1) is 13.0. The molecule has 0 heterocycles. The number of nitrogens with zero attached hydrogens (tertiary/aromatic N) is 1. The van der Waals surface area contributed by atoms with E-state index in [4.69, 9.17) is 11.6 Å². The number of hydrogen-bond donors (Lipinski definition) is 0. The third-order valence-corrected chi connectivity index (χ3v) is 4.62. The van der Waals surface area contributed by atoms with Crippen molar-refractivity contribution in [3.63, 3.8) is 0 Å². The van der Waals surface area contributed by atoms with E-state index < -0.39 is 0 Å². The third-order valence-electron chi connectivity index (χ3n) is 4.45. The first-order valence-corrected chi connectivity index (χ1v) is 7.82. The summed E-state index contributed by atoms with van der Waals surface area (Å²) >= 11 is 5.85. The second-order valence-electron chi connectivity index (χ2n) is 5.61. The highest BCUT2D eigenvalue weighted by Crippen LogP contribution is 2.28. The van der Waals surface area contributed by atoms with Crippen molar-refractivity contribution in [2.45, 2.75) is 44.6 Å². The molecular formula is C16H20ClNO. The Morgan fingerprint density at radius 2 is 2.00 bits per heavy atom. The Morgan fingerprint density at radius 1 is 1.21 bits per heavy atom. The molecule has 1 aromatic rings. The Kier molecular flexibility index (Phi) is 3.79. The lowest BCUT2D eigenvalue weighted by molar-refractivity contribution is 0.0598. The molecule has 3 heteroatoms. The van der Waals surface area contributed by atoms with Crippen LogP contribution in [-0.2, 0) is 12.8 Å². The lowest BCUT2D eigenvalue weighted by atomic mass is 9.91. The first-order valence-electron chi connectivity index (χ1n) is 7.28. The van der Waals surface area contributed by atoms with E-state index in [1.807, 2.05) is 11.0 Å². The van der Waals surface area contributed by atoms with Crippen molar-refractivity contribution in [2.24, 2.45) is 0 Å². The predicted octanol–water partition coefficient (Wildman–Crippen LogP) is 3.41. The van der Waals surface area contributed by atoms with E-state index >= 15 is 0 Å². The highest BCUT2D eigenvalue weighted by atomic mass is 35.5. The van der Waals surface area contributed by atoms with Crippen molar-refractivity contribution in [1.82, 2.24) is 4.90 Å². The quantitative estimate of drug-likeness (QED) is 0.773. The zero-order valence-electron chi connectivity index (χ0n) is 11.2. The van der Waals surface area contributed by atoms with Crippen LogP contribution >= 0.6 is 11.6 Å². The Hall–Kier alpha value is -1.02. The van der Waals surface area contributed by atoms with Gasteiger partial charge in [-0.15, -0.1) is 11.6 Å². The van der Waals surface area contributed by atoms with Gasteiger partial charge in [-0.25, -0.2) is 0 Å². The summed E-state index contributed by atoms with van der Waals surface area (Å²) in [5, 5.41) is 0. The second-order valence-corrected chi connectivity index (χ2v) is 5.99. The lowest BCUT2D eigenvalue weighted by Gasteiger charge is -2.37. The van der Waals surface area contributed by atoms with E-state index in [2.05, 4.69) is 12.1 Å². The number of benzene rings is 1. The van der Waals surface area contributed by atoms with Crippen LogP contribution in [0.4, 0.5) is 0 Å². The van der Waals surface area contributed by atoms with E-state index in [0.717, 1.165) is 31.2 Å². The van der Waals surface area contributed by atoms with Gasteiger partial charge in [0, 0.05) is 24.0 Å². The normalized spacial score (nSPS) is 17.9. The molecule has 0 unspecified atom stereocenters. The molecule has 0 N–H and O–H groups in total. The Morgan fingerprint density at radius 3 is 2.68 bits per heavy atom. The lowest BCUT2D eigenvalue weighted by Crippen LogP contribution is -2.45. The van der Waals surface area contributed by atoms with Crippen LogP contribution in [0.5, 0.6) is 0 Å². The maximum absolute atomic E-state index is 12.6. The molecule has 2 nitrogen and oxygen atoms in total. The summed E-state index contributed by atoms with van der Waals surface area (Å²) < 4.78 is 0. The molecular weight excluding hydrogens is 258 g/mol. The van der Waals surface area contributed by atoms with Crippen LogP contribution in [0, 0.1) is 0 Å². The van der Waals surface area contributed by atoms with Crippen LogP contribution in [0.2, 0.25) is 0 Å². The van der Waals surface area contributed by atoms with Crippen LogP contribution in [0.15, 0.2) is 18.2 Å². The predicted molar refractivity (Wildman–Crippen MR) is 77.9 cm³/mol. The molecule has 2 aliphatic rings. The number of fused-ring (bicyclic) bond motifs is 1. The van der Waals surface area contributed by atoms with Gasteiger partial charge in [-0.1, -0.05) is 6.07 Å². The van der Waals surface area contributed by atoms with Gasteiger partial charge < -0.3 is 4.90 Å². The molecule has 0 saturated heterocycles. The molecule has 102 valence electrons. The van der Waals surface area contributed by atoms with Crippen LogP contribution in [0.1, 0.15) is 47.2 Å². The molecule has 2 aliphatic carbocycles. The molecule has 0 spiro atoms. The monoisotopic (exact) mass is 277 g/mol. The van der Waals surface area contributed by atoms with Crippen molar-refractivity contribution >= 4 is 17.5 Å². The van der Waals surface area contributed by atoms with E-state index in [9.17, 15) is 4.79 Å². The minimum Gasteiger partial charge on any atom is -0.334 e. The van der Waals surface area contributed by atoms with Gasteiger partial charge in [0.05, 0.1) is 0 Å². The fourth-order valence-electron chi connectivity index (χ4n) is 3.11. The molecule has 0 bridgehead atoms. The molecule has 1 amide bonds. The van der Waals surface area contributed by atoms with Gasteiger partial charge in [0.2, 0.25) is 0 Å². The van der Waals surface area contributed by atoms with Gasteiger partial charge >= 0.3 is 0 Å². The van der Waals surface area contributed by atoms with Crippen molar-refractivity contribution < 1.29 is 4.79 Å². The topological polar surface area (TPSA) is 20.3 Å². The molecule has 3 rings (SSSR count). The summed E-state index contributed by atoms with van der Waals surface area (Å²) in [4.78, 5) is 14.6. The van der Waals surface area contributed by atoms with Crippen LogP contribution < -0.4 is 0 Å². The highest BCUT2D eigenvalue weighted by molar-refractivity contribution is 6.18. The summed E-state index contributed by atoms with van der Waals surface area (Å²) in [5.41, 5.74) is 3.63. The standard InChI is InChI=1S/C16H20ClNO/c17-9-10-18(15-5-2-6-15)16(19)14-8-7-12-3-1-4-13(12)11-14/h7-8,11,15H,1-6,9-10H2. The largest absolute Gasteiger partial charge is 0.334 e. The van der Waals surface area contributed by atoms with Gasteiger partial charge in [0.25, 0.3) is 5.91 Å². The number of aryl methyl sites for hydroxylation is 2. The van der Waals surface area contributed by atoms with Crippen molar-refractivity contribution in [1.29, 1.82) is 0 Å². The van der Waals surface area contributed by atoms with E-state index in [1.165, 1.54) is 24.0 Å². The molecule has 1 saturated carbocycles. The van der Waals surface area contributed by atoms with Gasteiger partial charge in [-0.2, -0.15) is 0 Å². The molecule has 1 fully saturated rings. The molecule has 1 aromatic carbocycles. The maximum atomic E-state index is 12.6. The van der Waals surface area contributed by atoms with Gasteiger partial charge in [-0.3, -0.25) is 4.79 Å². The third kappa shape index (κ3) is 2.51. The van der Waals surface area contributed by atoms with Crippen molar-refractivity contribution in [3.05, 3.63) is 34.9 Å². The smallest absolute Gasteiger partial charge is 0.254 e. The minimum absolute atomic E-state index is 0.167. The summed E-state index contributed by atoms with van der Waals surface area (Å²) in [6, 6.07) is 6.64. The van der Waals surface area contributed by atoms with E-state index in [-0.39, 0.29) is 5.91 Å². The van der Waals surface area contributed by atoms with Crippen LogP contribution in [0.25, 0.3) is 0 Å². The number of carbonyl (C=O) groups excluding carboxylic acids is 1. The Bertz CT molecular complexity index is 482. The molecule has 0 aliphatic heterocycles. The van der Waals surface area contributed by atoms with Gasteiger partial charge in [-0.05, 0) is 61.8 Å². The number of hydrogen-bond acceptors (Lipinski definition) is 1.